The molecule has 0 bridgehead atoms. The maximum atomic E-state index is 12.1. The fourth-order valence-corrected chi connectivity index (χ4v) is 3.67. The minimum Gasteiger partial charge on any atom is -0.379 e. The number of nitrogens with one attached hydrogen (secondary N) is 1. The van der Waals surface area contributed by atoms with Crippen molar-refractivity contribution in [2.24, 2.45) is 5.92 Å². The van der Waals surface area contributed by atoms with Crippen molar-refractivity contribution in [2.45, 2.75) is 39.0 Å². The molecule has 2 heterocycles. The van der Waals surface area contributed by atoms with Gasteiger partial charge in [-0.05, 0) is 24.1 Å². The predicted octanol–water partition coefficient (Wildman–Crippen LogP) is 1.13. The number of nitrogens with zero attached hydrogens (tertiary/aromatic N) is 2. The number of imide groups is 2. The van der Waals surface area contributed by atoms with E-state index in [1.165, 1.54) is 9.80 Å². The van der Waals surface area contributed by atoms with Crippen LogP contribution in [0.15, 0.2) is 24.3 Å². The molecule has 0 saturated carbocycles. The number of hydrogen-bond acceptors (Lipinski definition) is 7. The van der Waals surface area contributed by atoms with Gasteiger partial charge in [0.05, 0.1) is 39.4 Å². The molecule has 184 valence electrons. The predicted molar refractivity (Wildman–Crippen MR) is 121 cm³/mol. The molecule has 0 radical (unpaired) electrons. The van der Waals surface area contributed by atoms with Crippen LogP contribution in [0.1, 0.15) is 38.2 Å². The van der Waals surface area contributed by atoms with Crippen LogP contribution >= 0.6 is 0 Å². The molecule has 1 aromatic carbocycles. The van der Waals surface area contributed by atoms with E-state index in [0.29, 0.717) is 38.3 Å². The molecule has 2 fully saturated rings. The third-order valence-electron chi connectivity index (χ3n) is 5.79. The van der Waals surface area contributed by atoms with E-state index in [-0.39, 0.29) is 74.5 Å². The van der Waals surface area contributed by atoms with Crippen LogP contribution in [0.4, 0.5) is 5.69 Å². The molecule has 1 atom stereocenters. The summed E-state index contributed by atoms with van der Waals surface area (Å²) in [6.45, 7) is 3.62. The molecular weight excluding hydrogens is 442 g/mol. The zero-order chi connectivity index (χ0) is 24.5. The number of likely N-dealkylation sites (tertiary alicyclic amines) is 2. The van der Waals surface area contributed by atoms with E-state index in [1.807, 2.05) is 12.1 Å². The van der Waals surface area contributed by atoms with Gasteiger partial charge in [-0.1, -0.05) is 19.1 Å². The number of β-lactam (4-membered cyclic amide) rings is 1. The second-order valence-electron chi connectivity index (χ2n) is 8.40. The third kappa shape index (κ3) is 7.19. The van der Waals surface area contributed by atoms with Gasteiger partial charge in [-0.15, -0.1) is 0 Å². The van der Waals surface area contributed by atoms with E-state index < -0.39 is 0 Å². The van der Waals surface area contributed by atoms with E-state index >= 15 is 0 Å². The van der Waals surface area contributed by atoms with Gasteiger partial charge in [0, 0.05) is 37.4 Å². The Morgan fingerprint density at radius 1 is 0.971 bits per heavy atom. The molecule has 1 aromatic rings. The zero-order valence-corrected chi connectivity index (χ0v) is 19.4. The van der Waals surface area contributed by atoms with Gasteiger partial charge >= 0.3 is 0 Å². The van der Waals surface area contributed by atoms with Crippen molar-refractivity contribution in [3.05, 3.63) is 29.8 Å². The van der Waals surface area contributed by atoms with Crippen molar-refractivity contribution < 1.29 is 33.4 Å². The summed E-state index contributed by atoms with van der Waals surface area (Å²) in [7, 11) is 0. The van der Waals surface area contributed by atoms with Gasteiger partial charge in [-0.25, -0.2) is 0 Å². The average Bonchev–Trinajstić information content (AvgIpc) is 3.05. The van der Waals surface area contributed by atoms with Crippen molar-refractivity contribution in [3.8, 4) is 0 Å². The van der Waals surface area contributed by atoms with Crippen LogP contribution in [0.2, 0.25) is 0 Å². The lowest BCUT2D eigenvalue weighted by Crippen LogP contribution is -2.47. The molecule has 2 aliphatic rings. The summed E-state index contributed by atoms with van der Waals surface area (Å²) in [6, 6.07) is 7.24. The van der Waals surface area contributed by atoms with Gasteiger partial charge in [-0.3, -0.25) is 33.8 Å². The highest BCUT2D eigenvalue weighted by Gasteiger charge is 2.35. The van der Waals surface area contributed by atoms with Crippen molar-refractivity contribution in [1.29, 1.82) is 0 Å². The van der Waals surface area contributed by atoms with E-state index in [9.17, 15) is 24.0 Å². The molecular formula is C24H31N3O7. The standard InChI is InChI=1S/C24H31N3O7/c1-17-16-23(31)27(24(17)32)11-13-34-15-14-33-12-9-20(28)25-19-5-2-18(3-6-19)4-7-21(29)26-10-8-22(26)30/h2-3,5-6,17H,4,7-16H2,1H3,(H,25,28). The Hall–Kier alpha value is -3.11. The number of amides is 5. The highest BCUT2D eigenvalue weighted by Crippen LogP contribution is 2.18. The van der Waals surface area contributed by atoms with Crippen molar-refractivity contribution in [2.75, 3.05) is 44.8 Å². The Kier molecular flexibility index (Phi) is 9.29. The molecule has 1 N–H and O–H groups in total. The normalized spacial score (nSPS) is 17.8. The fourth-order valence-electron chi connectivity index (χ4n) is 3.67. The van der Waals surface area contributed by atoms with E-state index in [0.717, 1.165) is 5.56 Å². The zero-order valence-electron chi connectivity index (χ0n) is 19.4. The minimum atomic E-state index is -0.251. The number of benzene rings is 1. The van der Waals surface area contributed by atoms with E-state index in [4.69, 9.17) is 9.47 Å². The molecule has 10 heteroatoms. The Labute approximate surface area is 198 Å². The first kappa shape index (κ1) is 25.5. The summed E-state index contributed by atoms with van der Waals surface area (Å²) in [5.41, 5.74) is 1.61. The van der Waals surface area contributed by atoms with Gasteiger partial charge < -0.3 is 14.8 Å². The molecule has 0 aromatic heterocycles. The Morgan fingerprint density at radius 3 is 2.26 bits per heavy atom. The summed E-state index contributed by atoms with van der Waals surface area (Å²) >= 11 is 0. The number of anilines is 1. The van der Waals surface area contributed by atoms with Crippen LogP contribution in [0.3, 0.4) is 0 Å². The molecule has 3 rings (SSSR count). The fraction of sp³-hybridized carbons (Fsp3) is 0.542. The van der Waals surface area contributed by atoms with Crippen LogP contribution in [0.5, 0.6) is 0 Å². The van der Waals surface area contributed by atoms with E-state index in [2.05, 4.69) is 5.32 Å². The highest BCUT2D eigenvalue weighted by molar-refractivity contribution is 6.03. The second kappa shape index (κ2) is 12.4. The van der Waals surface area contributed by atoms with Gasteiger partial charge in [0.25, 0.3) is 0 Å². The summed E-state index contributed by atoms with van der Waals surface area (Å²) in [5, 5.41) is 2.79. The molecule has 10 nitrogen and oxygen atoms in total. The number of carbonyl (C=O) groups is 5. The maximum Gasteiger partial charge on any atom is 0.232 e. The Bertz CT molecular complexity index is 916. The first-order valence-electron chi connectivity index (χ1n) is 11.6. The summed E-state index contributed by atoms with van der Waals surface area (Å²) in [6.07, 6.45) is 1.72. The number of hydrogen-bond donors (Lipinski definition) is 1. The molecule has 5 amide bonds. The Balaban J connectivity index is 1.21. The molecule has 0 aliphatic carbocycles. The number of ether oxygens (including phenoxy) is 2. The third-order valence-corrected chi connectivity index (χ3v) is 5.79. The van der Waals surface area contributed by atoms with Crippen molar-refractivity contribution in [3.63, 3.8) is 0 Å². The molecule has 2 saturated heterocycles. The monoisotopic (exact) mass is 473 g/mol. The van der Waals surface area contributed by atoms with Crippen LogP contribution in [0.25, 0.3) is 0 Å². The van der Waals surface area contributed by atoms with Gasteiger partial charge in [-0.2, -0.15) is 0 Å². The maximum absolute atomic E-state index is 12.1. The molecule has 1 unspecified atom stereocenters. The number of rotatable bonds is 13. The lowest BCUT2D eigenvalue weighted by Gasteiger charge is -2.28. The topological polar surface area (TPSA) is 122 Å². The number of aryl methyl sites for hydroxylation is 1. The van der Waals surface area contributed by atoms with Crippen LogP contribution in [0, 0.1) is 5.92 Å². The first-order chi connectivity index (χ1) is 16.3. The summed E-state index contributed by atoms with van der Waals surface area (Å²) < 4.78 is 10.8. The van der Waals surface area contributed by atoms with Crippen LogP contribution in [-0.2, 0) is 39.9 Å². The summed E-state index contributed by atoms with van der Waals surface area (Å²) in [5.74, 6) is -1.00. The number of carbonyl (C=O) groups excluding carboxylic acids is 5. The van der Waals surface area contributed by atoms with E-state index in [1.54, 1.807) is 19.1 Å². The molecule has 2 aliphatic heterocycles. The quantitative estimate of drug-likeness (QED) is 0.259. The van der Waals surface area contributed by atoms with Crippen LogP contribution < -0.4 is 5.32 Å². The molecule has 0 spiro atoms. The van der Waals surface area contributed by atoms with Crippen LogP contribution in [-0.4, -0.2) is 78.9 Å². The molecule has 34 heavy (non-hydrogen) atoms. The van der Waals surface area contributed by atoms with Gasteiger partial charge in [0.2, 0.25) is 29.5 Å². The van der Waals surface area contributed by atoms with Crippen molar-refractivity contribution >= 4 is 35.2 Å². The average molecular weight is 474 g/mol. The lowest BCUT2D eigenvalue weighted by atomic mass is 10.1. The minimum absolute atomic E-state index is 0.109. The highest BCUT2D eigenvalue weighted by atomic mass is 16.5. The first-order valence-corrected chi connectivity index (χ1v) is 11.6. The largest absolute Gasteiger partial charge is 0.379 e. The van der Waals surface area contributed by atoms with Gasteiger partial charge in [0.15, 0.2) is 0 Å². The Morgan fingerprint density at radius 2 is 1.68 bits per heavy atom. The SMILES string of the molecule is CC1CC(=O)N(CCOCCOCCC(=O)Nc2ccc(CCC(=O)N3CCC3=O)cc2)C1=O. The summed E-state index contributed by atoms with van der Waals surface area (Å²) in [4.78, 5) is 61.2. The smallest absolute Gasteiger partial charge is 0.232 e. The second-order valence-corrected chi connectivity index (χ2v) is 8.40. The lowest BCUT2D eigenvalue weighted by molar-refractivity contribution is -0.152. The van der Waals surface area contributed by atoms with Crippen molar-refractivity contribution in [1.82, 2.24) is 9.80 Å². The van der Waals surface area contributed by atoms with Gasteiger partial charge in [0.1, 0.15) is 0 Å².